The van der Waals surface area contributed by atoms with E-state index >= 15 is 0 Å². The third kappa shape index (κ3) is 7.25. The van der Waals surface area contributed by atoms with Crippen LogP contribution < -0.4 is 10.0 Å². The lowest BCUT2D eigenvalue weighted by Crippen LogP contribution is -2.36. The average molecular weight is 614 g/mol. The first-order valence-corrected chi connectivity index (χ1v) is 14.4. The molecule has 0 fully saturated rings. The van der Waals surface area contributed by atoms with Crippen molar-refractivity contribution in [2.75, 3.05) is 24.1 Å². The fourth-order valence-electron chi connectivity index (χ4n) is 4.31. The molecule has 0 spiro atoms. The summed E-state index contributed by atoms with van der Waals surface area (Å²) in [5.41, 5.74) is 8.25. The van der Waals surface area contributed by atoms with Gasteiger partial charge in [-0.05, 0) is 49.7 Å². The predicted octanol–water partition coefficient (Wildman–Crippen LogP) is 3.65. The number of nitrogens with one attached hydrogen (secondary N) is 1. The Hall–Kier alpha value is -4.42. The molecule has 13 heteroatoms. The van der Waals surface area contributed by atoms with E-state index in [1.165, 1.54) is 12.1 Å². The van der Waals surface area contributed by atoms with Gasteiger partial charge in [0.05, 0.1) is 34.8 Å². The van der Waals surface area contributed by atoms with Gasteiger partial charge in [-0.3, -0.25) is 19.3 Å². The number of aromatic nitrogens is 2. The Labute approximate surface area is 250 Å². The first kappa shape index (κ1) is 32.1. The molecule has 0 amide bonds. The van der Waals surface area contributed by atoms with Crippen molar-refractivity contribution in [1.29, 1.82) is 5.41 Å². The van der Waals surface area contributed by atoms with E-state index in [4.69, 9.17) is 25.6 Å². The number of imidazole rings is 1. The minimum atomic E-state index is -4.13. The molecule has 0 aliphatic rings. The van der Waals surface area contributed by atoms with Gasteiger partial charge in [0.15, 0.2) is 0 Å². The number of nitrogen functional groups attached to an aromatic ring is 1. The Morgan fingerprint density at radius 3 is 2.21 bits per heavy atom. The number of fused-ring (bicyclic) bond motifs is 1. The molecule has 4 rings (SSSR count). The number of hydrogen-bond donors (Lipinski definition) is 2. The first-order valence-electron chi connectivity index (χ1n) is 13.0. The van der Waals surface area contributed by atoms with Crippen molar-refractivity contribution < 1.29 is 27.5 Å². The minimum Gasteiger partial charge on any atom is -0.465 e. The second-order valence-corrected chi connectivity index (χ2v) is 10.9. The van der Waals surface area contributed by atoms with Crippen LogP contribution in [-0.4, -0.2) is 55.5 Å². The quantitative estimate of drug-likeness (QED) is 0.139. The van der Waals surface area contributed by atoms with Crippen molar-refractivity contribution in [3.05, 3.63) is 89.7 Å². The Kier molecular flexibility index (Phi) is 10.7. The van der Waals surface area contributed by atoms with Crippen LogP contribution in [0.25, 0.3) is 11.0 Å². The molecule has 1 aromatic heterocycles. The number of carbonyl (C=O) groups excluding carboxylic acids is 2. The maximum Gasteiger partial charge on any atom is 0.326 e. The number of halogens is 1. The van der Waals surface area contributed by atoms with E-state index in [9.17, 15) is 18.0 Å². The Bertz CT molecular complexity index is 1670. The number of nitrogens with two attached hydrogens (primary N) is 1. The summed E-state index contributed by atoms with van der Waals surface area (Å²) in [5.74, 6) is -0.644. The lowest BCUT2D eigenvalue weighted by atomic mass is 10.1. The molecule has 222 valence electrons. The predicted molar refractivity (Wildman–Crippen MR) is 161 cm³/mol. The second kappa shape index (κ2) is 14.0. The molecule has 0 atom stereocenters. The van der Waals surface area contributed by atoms with E-state index in [0.29, 0.717) is 28.8 Å². The molecule has 0 unspecified atom stereocenters. The highest BCUT2D eigenvalue weighted by atomic mass is 35.5. The minimum absolute atomic E-state index is 0. The number of rotatable bonds is 12. The topological polar surface area (TPSA) is 158 Å². The number of hydrogen-bond acceptors (Lipinski definition) is 8. The number of amidine groups is 1. The molecule has 3 aromatic carbocycles. The van der Waals surface area contributed by atoms with Crippen molar-refractivity contribution in [2.45, 2.75) is 31.7 Å². The van der Waals surface area contributed by atoms with Crippen LogP contribution in [-0.2, 0) is 42.1 Å². The highest BCUT2D eigenvalue weighted by Crippen LogP contribution is 2.29. The molecular weight excluding hydrogens is 582 g/mol. The Morgan fingerprint density at radius 1 is 0.952 bits per heavy atom. The lowest BCUT2D eigenvalue weighted by Gasteiger charge is -2.23. The van der Waals surface area contributed by atoms with E-state index in [1.807, 2.05) is 12.1 Å². The highest BCUT2D eigenvalue weighted by molar-refractivity contribution is 7.92. The Balaban J connectivity index is 0.00000484. The van der Waals surface area contributed by atoms with Crippen molar-refractivity contribution in [2.24, 2.45) is 5.73 Å². The number of anilines is 1. The van der Waals surface area contributed by atoms with Gasteiger partial charge in [0, 0.05) is 12.0 Å². The summed E-state index contributed by atoms with van der Waals surface area (Å²) >= 11 is 0. The lowest BCUT2D eigenvalue weighted by molar-refractivity contribution is -0.144. The summed E-state index contributed by atoms with van der Waals surface area (Å²) in [6.45, 7) is 3.06. The zero-order valence-corrected chi connectivity index (χ0v) is 24.8. The smallest absolute Gasteiger partial charge is 0.326 e. The van der Waals surface area contributed by atoms with Crippen molar-refractivity contribution in [3.8, 4) is 0 Å². The van der Waals surface area contributed by atoms with E-state index < -0.39 is 28.5 Å². The fraction of sp³-hybridized carbons (Fsp3) is 0.241. The van der Waals surface area contributed by atoms with Crippen molar-refractivity contribution in [3.63, 3.8) is 0 Å². The van der Waals surface area contributed by atoms with Crippen LogP contribution in [0.4, 0.5) is 5.69 Å². The van der Waals surface area contributed by atoms with E-state index in [0.717, 1.165) is 9.87 Å². The normalized spacial score (nSPS) is 11.0. The number of carbonyl (C=O) groups is 2. The van der Waals surface area contributed by atoms with Gasteiger partial charge in [-0.25, -0.2) is 13.4 Å². The highest BCUT2D eigenvalue weighted by Gasteiger charge is 2.28. The fourth-order valence-corrected chi connectivity index (χ4v) is 5.74. The van der Waals surface area contributed by atoms with Gasteiger partial charge >= 0.3 is 11.9 Å². The van der Waals surface area contributed by atoms with E-state index in [-0.39, 0.29) is 48.6 Å². The average Bonchev–Trinajstić information content (AvgIpc) is 3.28. The zero-order chi connectivity index (χ0) is 29.6. The van der Waals surface area contributed by atoms with Gasteiger partial charge in [0.1, 0.15) is 24.7 Å². The van der Waals surface area contributed by atoms with Crippen LogP contribution in [0.15, 0.2) is 77.7 Å². The summed E-state index contributed by atoms with van der Waals surface area (Å²) in [4.78, 5) is 29.7. The molecule has 0 saturated carbocycles. The standard InChI is InChI=1S/C29H31N5O6S.ClH/c1-3-39-27(35)18-33-25-15-14-22(17-24(25)32-26(33)16-20-10-12-21(13-11-20)29(30)31)34(19-28(36)40-4-2)41(37,38)23-8-6-5-7-9-23;/h5-15,17H,3-4,16,18-19H2,1-2H3,(H3,30,31);1H. The van der Waals surface area contributed by atoms with Crippen LogP contribution in [0, 0.1) is 5.41 Å². The maximum absolute atomic E-state index is 13.6. The van der Waals surface area contributed by atoms with Crippen LogP contribution in [0.1, 0.15) is 30.8 Å². The summed E-state index contributed by atoms with van der Waals surface area (Å²) in [6.07, 6.45) is 0.344. The molecule has 42 heavy (non-hydrogen) atoms. The molecule has 0 bridgehead atoms. The largest absolute Gasteiger partial charge is 0.465 e. The number of nitrogens with zero attached hydrogens (tertiary/aromatic N) is 3. The van der Waals surface area contributed by atoms with Crippen LogP contribution in [0.5, 0.6) is 0 Å². The summed E-state index contributed by atoms with van der Waals surface area (Å²) in [5, 5.41) is 7.60. The van der Waals surface area contributed by atoms with Gasteiger partial charge in [-0.2, -0.15) is 0 Å². The molecule has 0 radical (unpaired) electrons. The monoisotopic (exact) mass is 613 g/mol. The second-order valence-electron chi connectivity index (χ2n) is 9.01. The first-order chi connectivity index (χ1) is 19.6. The SMILES string of the molecule is CCOC(=O)CN(c1ccc2c(c1)nc(Cc1ccc(C(=N)N)cc1)n2CC(=O)OCC)S(=O)(=O)c1ccccc1.Cl. The van der Waals surface area contributed by atoms with Crippen LogP contribution >= 0.6 is 12.4 Å². The van der Waals surface area contributed by atoms with Crippen molar-refractivity contribution >= 4 is 56.9 Å². The third-order valence-corrected chi connectivity index (χ3v) is 8.02. The Morgan fingerprint density at radius 2 is 1.60 bits per heavy atom. The number of esters is 2. The molecular formula is C29H32ClN5O6S. The zero-order valence-electron chi connectivity index (χ0n) is 23.1. The molecule has 4 aromatic rings. The molecule has 1 heterocycles. The van der Waals surface area contributed by atoms with Gasteiger partial charge in [-0.1, -0.05) is 42.5 Å². The number of benzene rings is 3. The van der Waals surface area contributed by atoms with Crippen LogP contribution in [0.2, 0.25) is 0 Å². The summed E-state index contributed by atoms with van der Waals surface area (Å²) < 4.78 is 40.2. The number of sulfonamides is 1. The van der Waals surface area contributed by atoms with E-state index in [2.05, 4.69) is 0 Å². The molecule has 0 aliphatic heterocycles. The molecule has 3 N–H and O–H groups in total. The van der Waals surface area contributed by atoms with Gasteiger partial charge in [0.2, 0.25) is 0 Å². The van der Waals surface area contributed by atoms with Crippen LogP contribution in [0.3, 0.4) is 0 Å². The molecule has 0 aliphatic carbocycles. The number of ether oxygens (including phenoxy) is 2. The van der Waals surface area contributed by atoms with E-state index in [1.54, 1.807) is 66.9 Å². The van der Waals surface area contributed by atoms with Gasteiger partial charge < -0.3 is 19.8 Å². The summed E-state index contributed by atoms with van der Waals surface area (Å²) in [6, 6.07) is 19.7. The third-order valence-electron chi connectivity index (χ3n) is 6.23. The van der Waals surface area contributed by atoms with Gasteiger partial charge in [0.25, 0.3) is 10.0 Å². The van der Waals surface area contributed by atoms with Gasteiger partial charge in [-0.15, -0.1) is 12.4 Å². The summed E-state index contributed by atoms with van der Waals surface area (Å²) in [7, 11) is -4.13. The maximum atomic E-state index is 13.6. The molecule has 0 saturated heterocycles. The van der Waals surface area contributed by atoms with Crippen molar-refractivity contribution in [1.82, 2.24) is 9.55 Å². The molecule has 11 nitrogen and oxygen atoms in total.